The lowest BCUT2D eigenvalue weighted by molar-refractivity contribution is -0.139. The largest absolute Gasteiger partial charge is 0.496 e. The van der Waals surface area contributed by atoms with Crippen LogP contribution in [0.4, 0.5) is 0 Å². The Morgan fingerprint density at radius 3 is 2.03 bits per heavy atom. The Balaban J connectivity index is 2.31. The van der Waals surface area contributed by atoms with Gasteiger partial charge in [0.15, 0.2) is 27.9 Å². The van der Waals surface area contributed by atoms with Crippen LogP contribution in [0, 0.1) is 0 Å². The number of benzene rings is 2. The summed E-state index contributed by atoms with van der Waals surface area (Å²) >= 11 is 0. The first-order valence-corrected chi connectivity index (χ1v) is 10.7. The summed E-state index contributed by atoms with van der Waals surface area (Å²) in [5.41, 5.74) is 0.842. The van der Waals surface area contributed by atoms with Gasteiger partial charge in [-0.3, -0.25) is 0 Å². The molecule has 2 aromatic carbocycles. The second-order valence-corrected chi connectivity index (χ2v) is 8.11. The number of ether oxygens (including phenoxy) is 5. The molecule has 0 spiro atoms. The van der Waals surface area contributed by atoms with E-state index in [4.69, 9.17) is 28.8 Å². The molecule has 0 saturated carbocycles. The predicted molar refractivity (Wildman–Crippen MR) is 114 cm³/mol. The van der Waals surface area contributed by atoms with Gasteiger partial charge in [0, 0.05) is 17.5 Å². The average Bonchev–Trinajstić information content (AvgIpc) is 2.75. The zero-order valence-electron chi connectivity index (χ0n) is 17.6. The van der Waals surface area contributed by atoms with Crippen LogP contribution in [0.5, 0.6) is 28.7 Å². The third kappa shape index (κ3) is 6.54. The number of aliphatic carboxylic acids is 1. The van der Waals surface area contributed by atoms with Crippen LogP contribution in [0.3, 0.4) is 0 Å². The molecule has 31 heavy (non-hydrogen) atoms. The fourth-order valence-electron chi connectivity index (χ4n) is 2.71. The Morgan fingerprint density at radius 2 is 1.52 bits per heavy atom. The number of sulfone groups is 1. The van der Waals surface area contributed by atoms with Crippen LogP contribution < -0.4 is 23.7 Å². The first-order chi connectivity index (χ1) is 14.7. The number of rotatable bonds is 11. The van der Waals surface area contributed by atoms with E-state index in [0.29, 0.717) is 34.1 Å². The van der Waals surface area contributed by atoms with Crippen LogP contribution in [0.15, 0.2) is 35.7 Å². The maximum atomic E-state index is 12.7. The van der Waals surface area contributed by atoms with Gasteiger partial charge in [0.2, 0.25) is 0 Å². The molecule has 0 aromatic heterocycles. The summed E-state index contributed by atoms with van der Waals surface area (Å²) in [5.74, 6) is 0.211. The summed E-state index contributed by atoms with van der Waals surface area (Å²) in [4.78, 5) is 10.8. The second kappa shape index (κ2) is 10.6. The minimum atomic E-state index is -3.70. The molecule has 0 amide bonds. The maximum Gasteiger partial charge on any atom is 0.341 e. The third-order valence-electron chi connectivity index (χ3n) is 4.14. The minimum Gasteiger partial charge on any atom is -0.496 e. The van der Waals surface area contributed by atoms with E-state index in [2.05, 4.69) is 0 Å². The molecule has 0 saturated heterocycles. The molecule has 0 atom stereocenters. The lowest BCUT2D eigenvalue weighted by atomic mass is 10.1. The summed E-state index contributed by atoms with van der Waals surface area (Å²) < 4.78 is 51.4. The van der Waals surface area contributed by atoms with Crippen molar-refractivity contribution in [2.75, 3.05) is 35.0 Å². The lowest BCUT2D eigenvalue weighted by Gasteiger charge is -2.12. The van der Waals surface area contributed by atoms with Gasteiger partial charge < -0.3 is 28.8 Å². The Hall–Kier alpha value is -3.40. The highest BCUT2D eigenvalue weighted by molar-refractivity contribution is 7.93. The van der Waals surface area contributed by atoms with Gasteiger partial charge in [0.25, 0.3) is 0 Å². The molecule has 2 rings (SSSR count). The smallest absolute Gasteiger partial charge is 0.341 e. The summed E-state index contributed by atoms with van der Waals surface area (Å²) in [6, 6.07) is 7.74. The fraction of sp³-hybridized carbons (Fsp3) is 0.286. The molecule has 0 aliphatic rings. The summed E-state index contributed by atoms with van der Waals surface area (Å²) in [6.45, 7) is -0.580. The van der Waals surface area contributed by atoms with E-state index in [-0.39, 0.29) is 11.5 Å². The van der Waals surface area contributed by atoms with E-state index < -0.39 is 22.4 Å². The van der Waals surface area contributed by atoms with Gasteiger partial charge in [-0.05, 0) is 23.8 Å². The van der Waals surface area contributed by atoms with Crippen molar-refractivity contribution in [3.05, 3.63) is 46.9 Å². The van der Waals surface area contributed by atoms with Crippen LogP contribution in [-0.4, -0.2) is 54.5 Å². The molecule has 0 unspecified atom stereocenters. The topological polar surface area (TPSA) is 118 Å². The Kier molecular flexibility index (Phi) is 8.14. The van der Waals surface area contributed by atoms with Crippen molar-refractivity contribution in [1.29, 1.82) is 0 Å². The van der Waals surface area contributed by atoms with Crippen molar-refractivity contribution in [3.8, 4) is 28.7 Å². The fourth-order valence-corrected chi connectivity index (χ4v) is 3.80. The maximum absolute atomic E-state index is 12.7. The molecule has 0 radical (unpaired) electrons. The Morgan fingerprint density at radius 1 is 0.903 bits per heavy atom. The molecule has 0 heterocycles. The van der Waals surface area contributed by atoms with Gasteiger partial charge in [0.05, 0.1) is 39.8 Å². The molecular formula is C21H24O9S. The first-order valence-electron chi connectivity index (χ1n) is 8.95. The van der Waals surface area contributed by atoms with Crippen LogP contribution in [0.1, 0.15) is 11.1 Å². The van der Waals surface area contributed by atoms with Crippen molar-refractivity contribution in [2.45, 2.75) is 5.75 Å². The van der Waals surface area contributed by atoms with Crippen molar-refractivity contribution >= 4 is 21.9 Å². The summed E-state index contributed by atoms with van der Waals surface area (Å²) in [6.07, 6.45) is 1.39. The van der Waals surface area contributed by atoms with Crippen LogP contribution >= 0.6 is 0 Å². The minimum absolute atomic E-state index is 0.139. The van der Waals surface area contributed by atoms with Crippen LogP contribution in [0.25, 0.3) is 6.08 Å². The van der Waals surface area contributed by atoms with Gasteiger partial charge in [0.1, 0.15) is 17.2 Å². The van der Waals surface area contributed by atoms with Gasteiger partial charge in [-0.2, -0.15) is 0 Å². The summed E-state index contributed by atoms with van der Waals surface area (Å²) in [7, 11) is 2.11. The standard InChI is InChI=1S/C21H24O9S/c1-26-15-10-18(28-3)16(19(11-15)29-4)7-8-31(24,25)13-14-5-6-17(27-2)20(9-14)30-12-21(22)23/h5-11H,12-13H2,1-4H3,(H,22,23). The average molecular weight is 452 g/mol. The number of hydrogen-bond donors (Lipinski definition) is 1. The molecule has 9 nitrogen and oxygen atoms in total. The van der Waals surface area contributed by atoms with Gasteiger partial charge >= 0.3 is 5.97 Å². The van der Waals surface area contributed by atoms with E-state index >= 15 is 0 Å². The molecule has 0 bridgehead atoms. The quantitative estimate of drug-likeness (QED) is 0.549. The molecule has 1 N–H and O–H groups in total. The highest BCUT2D eigenvalue weighted by atomic mass is 32.2. The van der Waals surface area contributed by atoms with Gasteiger partial charge in [-0.1, -0.05) is 6.07 Å². The summed E-state index contributed by atoms with van der Waals surface area (Å²) in [5, 5.41) is 9.85. The Labute approximate surface area is 180 Å². The number of carboxylic acid groups (broad SMARTS) is 1. The van der Waals surface area contributed by atoms with E-state index in [0.717, 1.165) is 5.41 Å². The predicted octanol–water partition coefficient (Wildman–Crippen LogP) is 2.77. The molecule has 168 valence electrons. The SMILES string of the molecule is COc1cc(OC)c(C=CS(=O)(=O)Cc2ccc(OC)c(OCC(=O)O)c2)c(OC)c1. The number of carboxylic acids is 1. The number of carbonyl (C=O) groups is 1. The van der Waals surface area contributed by atoms with E-state index in [1.165, 1.54) is 46.6 Å². The lowest BCUT2D eigenvalue weighted by Crippen LogP contribution is -2.10. The third-order valence-corrected chi connectivity index (χ3v) is 5.43. The number of hydrogen-bond acceptors (Lipinski definition) is 8. The molecule has 2 aromatic rings. The Bertz CT molecular complexity index is 1030. The van der Waals surface area contributed by atoms with Crippen molar-refractivity contribution in [3.63, 3.8) is 0 Å². The van der Waals surface area contributed by atoms with Crippen molar-refractivity contribution in [2.24, 2.45) is 0 Å². The monoisotopic (exact) mass is 452 g/mol. The normalized spacial score (nSPS) is 11.2. The highest BCUT2D eigenvalue weighted by Gasteiger charge is 2.15. The van der Waals surface area contributed by atoms with Crippen LogP contribution in [-0.2, 0) is 20.4 Å². The van der Waals surface area contributed by atoms with E-state index in [1.54, 1.807) is 18.2 Å². The molecule has 0 aliphatic heterocycles. The van der Waals surface area contributed by atoms with Gasteiger partial charge in [-0.25, -0.2) is 13.2 Å². The molecule has 0 aliphatic carbocycles. The zero-order valence-corrected chi connectivity index (χ0v) is 18.4. The first kappa shape index (κ1) is 23.9. The molecule has 0 fully saturated rings. The number of methoxy groups -OCH3 is 4. The second-order valence-electron chi connectivity index (χ2n) is 6.22. The van der Waals surface area contributed by atoms with Crippen molar-refractivity contribution in [1.82, 2.24) is 0 Å². The molecular weight excluding hydrogens is 428 g/mol. The van der Waals surface area contributed by atoms with Gasteiger partial charge in [-0.15, -0.1) is 0 Å². The van der Waals surface area contributed by atoms with Crippen LogP contribution in [0.2, 0.25) is 0 Å². The van der Waals surface area contributed by atoms with E-state index in [9.17, 15) is 13.2 Å². The van der Waals surface area contributed by atoms with E-state index in [1.807, 2.05) is 0 Å². The van der Waals surface area contributed by atoms with Crippen molar-refractivity contribution < 1.29 is 42.0 Å². The zero-order chi connectivity index (χ0) is 23.0. The highest BCUT2D eigenvalue weighted by Crippen LogP contribution is 2.35. The molecule has 10 heteroatoms.